The van der Waals surface area contributed by atoms with E-state index in [-0.39, 0.29) is 90.6 Å². The number of aromatic nitrogens is 4. The number of hydrogen-bond donors (Lipinski definition) is 5. The van der Waals surface area contributed by atoms with Gasteiger partial charge >= 0.3 is 35.5 Å². The first kappa shape index (κ1) is 50.8. The molecule has 346 valence electrons. The van der Waals surface area contributed by atoms with Gasteiger partial charge in [-0.2, -0.15) is 0 Å². The molecule has 4 aliphatic heterocycles. The Morgan fingerprint density at radius 1 is 0.866 bits per heavy atom. The fourth-order valence-corrected chi connectivity index (χ4v) is 9.28. The number of aromatic amines is 1. The molecule has 2 aromatic carbocycles. The van der Waals surface area contributed by atoms with E-state index in [0.717, 1.165) is 11.4 Å². The molecule has 4 aliphatic rings. The molecule has 2 fully saturated rings. The van der Waals surface area contributed by atoms with Crippen LogP contribution in [0, 0.1) is 11.8 Å². The molecule has 0 unspecified atom stereocenters. The van der Waals surface area contributed by atoms with E-state index in [4.69, 9.17) is 27.9 Å². The summed E-state index contributed by atoms with van der Waals surface area (Å²) in [6.45, 7) is 7.30. The summed E-state index contributed by atoms with van der Waals surface area (Å²) < 4.78 is 7.06. The van der Waals surface area contributed by atoms with Crippen LogP contribution in [-0.2, 0) is 66.5 Å². The Labute approximate surface area is 417 Å². The molecule has 6 atom stereocenters. The number of carbonyl (C=O) groups excluding carboxylic acids is 6. The first-order chi connectivity index (χ1) is 31.5. The number of ether oxygens (including phenoxy) is 1. The van der Waals surface area contributed by atoms with Gasteiger partial charge in [0.25, 0.3) is 0 Å². The van der Waals surface area contributed by atoms with Crippen molar-refractivity contribution in [2.45, 2.75) is 76.9 Å². The van der Waals surface area contributed by atoms with E-state index in [0.29, 0.717) is 63.0 Å². The third-order valence-corrected chi connectivity index (χ3v) is 12.8. The van der Waals surface area contributed by atoms with Crippen molar-refractivity contribution in [1.29, 1.82) is 0 Å². The molecule has 21 heteroatoms. The number of amides is 4. The number of esters is 1. The van der Waals surface area contributed by atoms with E-state index >= 15 is 0 Å². The molecule has 0 saturated carbocycles. The van der Waals surface area contributed by atoms with Crippen LogP contribution in [0.2, 0.25) is 10.0 Å². The number of benzene rings is 2. The molecule has 0 bridgehead atoms. The number of aryl methyl sites for hydroxylation is 1. The van der Waals surface area contributed by atoms with E-state index < -0.39 is 47.9 Å². The Hall–Kier alpha value is -5.60. The first-order valence-electron chi connectivity index (χ1n) is 21.0. The van der Waals surface area contributed by atoms with Crippen LogP contribution in [0.25, 0.3) is 11.1 Å². The van der Waals surface area contributed by atoms with Gasteiger partial charge in [0.05, 0.1) is 97.8 Å². The quantitative estimate of drug-likeness (QED) is 0.0392. The number of carboxylic acids is 1. The van der Waals surface area contributed by atoms with Gasteiger partial charge in [0.15, 0.2) is 0 Å². The minimum Gasteiger partial charge on any atom is -0.543 e. The zero-order valence-corrected chi connectivity index (χ0v) is 40.6. The number of carboxylic acid groups (broad SMARTS) is 1. The number of hydrogen-bond acceptors (Lipinski definition) is 12. The summed E-state index contributed by atoms with van der Waals surface area (Å²) in [7, 11) is 1.85. The fraction of sp³-hybridized carbons (Fsp3) is 0.348. The number of imidazole rings is 2. The number of aliphatic hydroxyl groups is 2. The maximum Gasteiger partial charge on any atom is 1.00 e. The maximum atomic E-state index is 12.8. The van der Waals surface area contributed by atoms with Gasteiger partial charge < -0.3 is 54.8 Å². The molecular formula is C46H47Cl2N8NaO10. The van der Waals surface area contributed by atoms with Crippen molar-refractivity contribution in [3.63, 3.8) is 0 Å². The Bertz CT molecular complexity index is 2660. The summed E-state index contributed by atoms with van der Waals surface area (Å²) >= 11 is 12.9. The van der Waals surface area contributed by atoms with Crippen LogP contribution in [0.4, 0.5) is 0 Å². The zero-order chi connectivity index (χ0) is 47.6. The van der Waals surface area contributed by atoms with E-state index in [2.05, 4.69) is 32.2 Å². The molecule has 0 radical (unpaired) electrons. The second-order valence-electron chi connectivity index (χ2n) is 16.4. The molecule has 67 heavy (non-hydrogen) atoms. The molecule has 2 aromatic heterocycles. The topological polar surface area (TPSA) is 252 Å². The average Bonchev–Trinajstić information content (AvgIpc) is 4.08. The van der Waals surface area contributed by atoms with E-state index in [9.17, 15) is 44.1 Å². The van der Waals surface area contributed by atoms with Gasteiger partial charge in [-0.3, -0.25) is 19.2 Å². The van der Waals surface area contributed by atoms with Gasteiger partial charge in [-0.25, -0.2) is 14.8 Å². The molecule has 0 aliphatic carbocycles. The third kappa shape index (κ3) is 10.6. The number of H-pyrrole nitrogens is 1. The number of nitrogens with zero attached hydrogens (tertiary/aromatic N) is 5. The van der Waals surface area contributed by atoms with Crippen molar-refractivity contribution in [1.82, 2.24) is 40.0 Å². The summed E-state index contributed by atoms with van der Waals surface area (Å²) in [5.41, 5.74) is 5.09. The molecule has 2 saturated heterocycles. The second kappa shape index (κ2) is 21.6. The average molecular weight is 966 g/mol. The van der Waals surface area contributed by atoms with Crippen LogP contribution < -0.4 is 45.3 Å². The van der Waals surface area contributed by atoms with E-state index in [1.807, 2.05) is 11.6 Å². The largest absolute Gasteiger partial charge is 1.00 e. The zero-order valence-electron chi connectivity index (χ0n) is 37.1. The molecule has 4 amide bonds. The van der Waals surface area contributed by atoms with Crippen LogP contribution in [0.15, 0.2) is 85.5 Å². The molecule has 5 N–H and O–H groups in total. The maximum absolute atomic E-state index is 12.8. The van der Waals surface area contributed by atoms with Gasteiger partial charge in [-0.05, 0) is 72.2 Å². The Morgan fingerprint density at radius 2 is 1.39 bits per heavy atom. The minimum absolute atomic E-state index is 0. The van der Waals surface area contributed by atoms with E-state index in [1.54, 1.807) is 62.0 Å². The van der Waals surface area contributed by atoms with Gasteiger partial charge in [-0.15, -0.1) is 0 Å². The molecular weight excluding hydrogens is 918 g/mol. The van der Waals surface area contributed by atoms with Crippen molar-refractivity contribution in [3.8, 4) is 0 Å². The first-order valence-corrected chi connectivity index (χ1v) is 21.8. The number of rotatable bonds is 16. The van der Waals surface area contributed by atoms with Crippen molar-refractivity contribution in [2.24, 2.45) is 18.9 Å². The normalized spacial score (nSPS) is 20.0. The number of β-lactam (4-membered cyclic amide) rings is 2. The van der Waals surface area contributed by atoms with Crippen molar-refractivity contribution in [3.05, 3.63) is 129 Å². The molecule has 0 spiro atoms. The Balaban J connectivity index is 0.000000219. The monoisotopic (exact) mass is 964 g/mol. The van der Waals surface area contributed by atoms with Crippen LogP contribution in [0.5, 0.6) is 0 Å². The Morgan fingerprint density at radius 3 is 1.84 bits per heavy atom. The van der Waals surface area contributed by atoms with Crippen LogP contribution >= 0.6 is 23.2 Å². The summed E-state index contributed by atoms with van der Waals surface area (Å²) in [4.78, 5) is 87.6. The summed E-state index contributed by atoms with van der Waals surface area (Å²) in [5.74, 6) is -4.45. The van der Waals surface area contributed by atoms with Crippen LogP contribution in [0.1, 0.15) is 60.3 Å². The SMILES string of the molecule is C=CCOC(=O)C1=C(c2ccc(CC(=O)NCc3cncn3C)c(Cl)c2)C[C@@H]2[C@@H]([C@@H](C)O)C(=O)N12.C[C@@H](O)[C@H]1C(=O)N2C(C(=O)[O-])=C(c3ccc(CC(=O)NCc4cnc[nH]4)c(Cl)c3)C[C@H]12.[Na+]. The third-order valence-electron chi connectivity index (χ3n) is 12.1. The summed E-state index contributed by atoms with van der Waals surface area (Å²) in [6, 6.07) is 9.40. The number of nitrogens with one attached hydrogen (secondary N) is 3. The number of fused-ring (bicyclic) bond motifs is 2. The van der Waals surface area contributed by atoms with Gasteiger partial charge in [0.2, 0.25) is 23.6 Å². The number of halogens is 2. The van der Waals surface area contributed by atoms with Crippen molar-refractivity contribution >= 4 is 69.9 Å². The van der Waals surface area contributed by atoms with Crippen molar-refractivity contribution < 1.29 is 78.4 Å². The van der Waals surface area contributed by atoms with Crippen molar-refractivity contribution in [2.75, 3.05) is 6.61 Å². The predicted molar refractivity (Wildman–Crippen MR) is 237 cm³/mol. The second-order valence-corrected chi connectivity index (χ2v) is 17.2. The molecule has 4 aromatic rings. The van der Waals surface area contributed by atoms with Gasteiger partial charge in [0.1, 0.15) is 12.3 Å². The van der Waals surface area contributed by atoms with Crippen LogP contribution in [-0.4, -0.2) is 106 Å². The fourth-order valence-electron chi connectivity index (χ4n) is 8.78. The van der Waals surface area contributed by atoms with Gasteiger partial charge in [0, 0.05) is 29.5 Å². The minimum atomic E-state index is -1.45. The molecule has 6 heterocycles. The number of aliphatic hydroxyl groups excluding tert-OH is 2. The summed E-state index contributed by atoms with van der Waals surface area (Å²) in [6.07, 6.45) is 7.04. The van der Waals surface area contributed by atoms with Crippen LogP contribution in [0.3, 0.4) is 0 Å². The smallest absolute Gasteiger partial charge is 0.543 e. The standard InChI is InChI=1S/C25H27ClN4O5.C21H21ClN4O5.Na/c1-4-7-35-25(34)23-18(10-20-22(14(2)31)24(33)30(20)23)15-5-6-16(19(26)8-15)9-21(32)28-12-17-11-27-13-29(17)3;1-10(27)18-16-6-14(19(21(30)31)26(16)20(18)29)11-2-3-12(15(22)4-11)5-17(28)24-8-13-7-23-9-25-13;/h4-6,8,11,13-14,20,22,31H,1,7,9-10,12H2,2-3H3,(H,28,32);2-4,7,9-10,16,18,27H,5-6,8H2,1H3,(H,23,25)(H,24,28)(H,30,31);/q;;+1/p-1/t14-,20-,22-;10-,16-,18-;/m11./s1. The Kier molecular flexibility index (Phi) is 16.4. The van der Waals surface area contributed by atoms with E-state index in [1.165, 1.54) is 29.1 Å². The molecule has 8 rings (SSSR count). The van der Waals surface area contributed by atoms with Gasteiger partial charge in [-0.1, -0.05) is 60.1 Å². The number of aliphatic carboxylic acids is 1. The predicted octanol–water partition coefficient (Wildman–Crippen LogP) is -1.02. The summed E-state index contributed by atoms with van der Waals surface area (Å²) in [5, 5.41) is 37.9. The molecule has 18 nitrogen and oxygen atoms in total. The number of carbonyl (C=O) groups is 6.